The molecule has 1 atom stereocenters. The predicted molar refractivity (Wildman–Crippen MR) is 87.7 cm³/mol. The van der Waals surface area contributed by atoms with Gasteiger partial charge in [-0.25, -0.2) is 9.97 Å². The molecule has 2 aromatic rings. The van der Waals surface area contributed by atoms with Crippen LogP contribution in [-0.4, -0.2) is 42.8 Å². The van der Waals surface area contributed by atoms with Gasteiger partial charge in [-0.05, 0) is 31.4 Å². The Labute approximate surface area is 136 Å². The normalized spacial score (nSPS) is 22.3. The molecule has 0 spiro atoms. The van der Waals surface area contributed by atoms with Gasteiger partial charge in [-0.3, -0.25) is 0 Å². The zero-order valence-electron chi connectivity index (χ0n) is 13.2. The topological polar surface area (TPSA) is 54.6 Å². The third-order valence-corrected chi connectivity index (χ3v) is 4.57. The van der Waals surface area contributed by atoms with E-state index in [-0.39, 0.29) is 6.10 Å². The minimum atomic E-state index is -0.0350. The van der Waals surface area contributed by atoms with Crippen molar-refractivity contribution in [3.8, 4) is 0 Å². The number of piperidine rings is 1. The summed E-state index contributed by atoms with van der Waals surface area (Å²) in [5, 5.41) is 0. The van der Waals surface area contributed by atoms with Crippen LogP contribution in [0.15, 0.2) is 35.2 Å². The molecule has 0 N–H and O–H groups in total. The van der Waals surface area contributed by atoms with E-state index in [1.54, 1.807) is 12.6 Å². The van der Waals surface area contributed by atoms with E-state index in [2.05, 4.69) is 25.8 Å². The molecule has 0 saturated carbocycles. The van der Waals surface area contributed by atoms with E-state index in [0.717, 1.165) is 43.6 Å². The zero-order valence-corrected chi connectivity index (χ0v) is 13.2. The molecule has 2 aliphatic rings. The van der Waals surface area contributed by atoms with Gasteiger partial charge in [-0.2, -0.15) is 0 Å². The summed E-state index contributed by atoms with van der Waals surface area (Å²) in [6, 6.07) is 5.97. The lowest BCUT2D eigenvalue weighted by molar-refractivity contribution is 0.0255. The van der Waals surface area contributed by atoms with Crippen molar-refractivity contribution in [2.45, 2.75) is 25.4 Å². The van der Waals surface area contributed by atoms with Crippen molar-refractivity contribution in [1.82, 2.24) is 9.97 Å². The van der Waals surface area contributed by atoms with Crippen molar-refractivity contribution in [3.05, 3.63) is 36.5 Å². The van der Waals surface area contributed by atoms with Crippen molar-refractivity contribution < 1.29 is 9.15 Å². The van der Waals surface area contributed by atoms with Crippen LogP contribution in [0.5, 0.6) is 0 Å². The number of morpholine rings is 1. The molecule has 0 amide bonds. The largest absolute Gasteiger partial charge is 0.467 e. The fourth-order valence-electron chi connectivity index (χ4n) is 3.31. The predicted octanol–water partition coefficient (Wildman–Crippen LogP) is 2.64. The Bertz CT molecular complexity index is 625. The molecule has 122 valence electrons. The Kier molecular flexibility index (Phi) is 4.15. The Balaban J connectivity index is 1.50. The van der Waals surface area contributed by atoms with Crippen LogP contribution in [0.3, 0.4) is 0 Å². The second-order valence-corrected chi connectivity index (χ2v) is 6.10. The number of hydrogen-bond acceptors (Lipinski definition) is 6. The summed E-state index contributed by atoms with van der Waals surface area (Å²) in [5.74, 6) is 2.89. The molecule has 4 heterocycles. The number of aromatic nitrogens is 2. The van der Waals surface area contributed by atoms with Gasteiger partial charge in [0.05, 0.1) is 19.4 Å². The molecule has 6 heteroatoms. The summed E-state index contributed by atoms with van der Waals surface area (Å²) in [4.78, 5) is 13.6. The number of ether oxygens (including phenoxy) is 1. The summed E-state index contributed by atoms with van der Waals surface area (Å²) in [5.41, 5.74) is 0. The average molecular weight is 314 g/mol. The molecule has 2 aromatic heterocycles. The third kappa shape index (κ3) is 3.17. The third-order valence-electron chi connectivity index (χ3n) is 4.57. The monoisotopic (exact) mass is 314 g/mol. The zero-order chi connectivity index (χ0) is 15.5. The van der Waals surface area contributed by atoms with Gasteiger partial charge in [0.15, 0.2) is 0 Å². The van der Waals surface area contributed by atoms with E-state index in [9.17, 15) is 0 Å². The maximum atomic E-state index is 5.83. The van der Waals surface area contributed by atoms with Crippen LogP contribution in [0.1, 0.15) is 31.1 Å². The highest BCUT2D eigenvalue weighted by Gasteiger charge is 2.25. The SMILES string of the molecule is c1coc(C2CN(c3cc(N4CCCCC4)ncn3)CCO2)c1. The lowest BCUT2D eigenvalue weighted by Gasteiger charge is -2.33. The smallest absolute Gasteiger partial charge is 0.134 e. The number of nitrogens with zero attached hydrogens (tertiary/aromatic N) is 4. The molecule has 23 heavy (non-hydrogen) atoms. The van der Waals surface area contributed by atoms with Gasteiger partial charge in [0.1, 0.15) is 29.8 Å². The van der Waals surface area contributed by atoms with Gasteiger partial charge in [0, 0.05) is 25.7 Å². The molecule has 0 radical (unpaired) electrons. The van der Waals surface area contributed by atoms with Gasteiger partial charge < -0.3 is 19.0 Å². The van der Waals surface area contributed by atoms with E-state index in [4.69, 9.17) is 9.15 Å². The molecule has 1 unspecified atom stereocenters. The second kappa shape index (κ2) is 6.58. The molecule has 6 nitrogen and oxygen atoms in total. The van der Waals surface area contributed by atoms with Crippen molar-refractivity contribution in [2.75, 3.05) is 42.6 Å². The number of rotatable bonds is 3. The molecule has 0 bridgehead atoms. The summed E-state index contributed by atoms with van der Waals surface area (Å²) >= 11 is 0. The van der Waals surface area contributed by atoms with Crippen LogP contribution in [0.2, 0.25) is 0 Å². The summed E-state index contributed by atoms with van der Waals surface area (Å²) in [6.07, 6.45) is 7.15. The second-order valence-electron chi connectivity index (χ2n) is 6.10. The summed E-state index contributed by atoms with van der Waals surface area (Å²) < 4.78 is 11.3. The minimum Gasteiger partial charge on any atom is -0.467 e. The van der Waals surface area contributed by atoms with Crippen molar-refractivity contribution in [2.24, 2.45) is 0 Å². The maximum absolute atomic E-state index is 5.83. The molecule has 2 saturated heterocycles. The fourth-order valence-corrected chi connectivity index (χ4v) is 3.31. The highest BCUT2D eigenvalue weighted by Crippen LogP contribution is 2.27. The van der Waals surface area contributed by atoms with Gasteiger partial charge >= 0.3 is 0 Å². The Morgan fingerprint density at radius 3 is 2.61 bits per heavy atom. The van der Waals surface area contributed by atoms with Crippen molar-refractivity contribution in [3.63, 3.8) is 0 Å². The quantitative estimate of drug-likeness (QED) is 0.868. The first-order valence-electron chi connectivity index (χ1n) is 8.37. The molecule has 4 rings (SSSR count). The molecule has 2 fully saturated rings. The van der Waals surface area contributed by atoms with Gasteiger partial charge in [-0.15, -0.1) is 0 Å². The van der Waals surface area contributed by atoms with Crippen molar-refractivity contribution in [1.29, 1.82) is 0 Å². The van der Waals surface area contributed by atoms with Crippen LogP contribution in [0, 0.1) is 0 Å². The highest BCUT2D eigenvalue weighted by molar-refractivity contribution is 5.50. The number of hydrogen-bond donors (Lipinski definition) is 0. The van der Waals surface area contributed by atoms with Crippen LogP contribution >= 0.6 is 0 Å². The van der Waals surface area contributed by atoms with E-state index in [1.807, 2.05) is 12.1 Å². The lowest BCUT2D eigenvalue weighted by Crippen LogP contribution is -2.39. The molecule has 2 aliphatic heterocycles. The van der Waals surface area contributed by atoms with Gasteiger partial charge in [-0.1, -0.05) is 0 Å². The van der Waals surface area contributed by atoms with E-state index >= 15 is 0 Å². The maximum Gasteiger partial charge on any atom is 0.134 e. The van der Waals surface area contributed by atoms with E-state index in [0.29, 0.717) is 6.61 Å². The molecule has 0 aromatic carbocycles. The van der Waals surface area contributed by atoms with Crippen LogP contribution in [0.25, 0.3) is 0 Å². The minimum absolute atomic E-state index is 0.0350. The Morgan fingerprint density at radius 1 is 1.00 bits per heavy atom. The lowest BCUT2D eigenvalue weighted by atomic mass is 10.1. The van der Waals surface area contributed by atoms with Crippen LogP contribution in [0.4, 0.5) is 11.6 Å². The molecular formula is C17H22N4O2. The average Bonchev–Trinajstić information content (AvgIpc) is 3.18. The Hall–Kier alpha value is -2.08. The molecular weight excluding hydrogens is 292 g/mol. The number of anilines is 2. The fraction of sp³-hybridized carbons (Fsp3) is 0.529. The van der Waals surface area contributed by atoms with Crippen molar-refractivity contribution >= 4 is 11.6 Å². The van der Waals surface area contributed by atoms with E-state index in [1.165, 1.54) is 19.3 Å². The number of furan rings is 1. The first kappa shape index (κ1) is 14.5. The van der Waals surface area contributed by atoms with Crippen LogP contribution in [-0.2, 0) is 4.74 Å². The highest BCUT2D eigenvalue weighted by atomic mass is 16.5. The first-order valence-corrected chi connectivity index (χ1v) is 8.37. The van der Waals surface area contributed by atoms with Gasteiger partial charge in [0.25, 0.3) is 0 Å². The summed E-state index contributed by atoms with van der Waals surface area (Å²) in [7, 11) is 0. The van der Waals surface area contributed by atoms with Crippen LogP contribution < -0.4 is 9.80 Å². The van der Waals surface area contributed by atoms with E-state index < -0.39 is 0 Å². The first-order chi connectivity index (χ1) is 11.4. The standard InChI is InChI=1S/C17H22N4O2/c1-2-6-20(7-3-1)16-11-17(19-13-18-16)21-8-10-23-15(12-21)14-5-4-9-22-14/h4-5,9,11,13,15H,1-3,6-8,10,12H2. The Morgan fingerprint density at radius 2 is 1.83 bits per heavy atom. The summed E-state index contributed by atoms with van der Waals surface area (Å²) in [6.45, 7) is 4.45. The molecule has 0 aliphatic carbocycles. The van der Waals surface area contributed by atoms with Gasteiger partial charge in [0.2, 0.25) is 0 Å².